The van der Waals surface area contributed by atoms with Gasteiger partial charge in [0.15, 0.2) is 5.11 Å². The van der Waals surface area contributed by atoms with Crippen LogP contribution in [0.1, 0.15) is 32.1 Å². The van der Waals surface area contributed by atoms with Crippen LogP contribution in [-0.4, -0.2) is 36.2 Å². The van der Waals surface area contributed by atoms with E-state index >= 15 is 0 Å². The van der Waals surface area contributed by atoms with E-state index in [4.69, 9.17) is 12.2 Å². The molecule has 0 bridgehead atoms. The fraction of sp³-hybridized carbons (Fsp3) is 0.562. The molecule has 2 N–H and O–H groups in total. The van der Waals surface area contributed by atoms with E-state index in [-0.39, 0.29) is 11.4 Å². The monoisotopic (exact) mass is 309 g/mol. The van der Waals surface area contributed by atoms with Gasteiger partial charge in [-0.05, 0) is 63.4 Å². The van der Waals surface area contributed by atoms with E-state index in [1.54, 1.807) is 12.1 Å². The second-order valence-electron chi connectivity index (χ2n) is 5.99. The number of halogens is 1. The van der Waals surface area contributed by atoms with Crippen molar-refractivity contribution in [3.63, 3.8) is 0 Å². The molecule has 1 aliphatic carbocycles. The number of thiocarbonyl (C=S) groups is 1. The van der Waals surface area contributed by atoms with Crippen LogP contribution < -0.4 is 10.6 Å². The Hall–Kier alpha value is -1.20. The summed E-state index contributed by atoms with van der Waals surface area (Å²) in [5.74, 6) is -0.242. The number of likely N-dealkylation sites (N-methyl/N-ethyl adjacent to an activating group) is 1. The van der Waals surface area contributed by atoms with Crippen LogP contribution in [0, 0.1) is 5.82 Å². The third kappa shape index (κ3) is 4.38. The lowest BCUT2D eigenvalue weighted by Crippen LogP contribution is -2.54. The van der Waals surface area contributed by atoms with Gasteiger partial charge in [-0.2, -0.15) is 0 Å². The van der Waals surface area contributed by atoms with Gasteiger partial charge in [-0.15, -0.1) is 0 Å². The zero-order chi connectivity index (χ0) is 15.3. The van der Waals surface area contributed by atoms with Crippen LogP contribution in [0.15, 0.2) is 24.3 Å². The summed E-state index contributed by atoms with van der Waals surface area (Å²) in [5.41, 5.74) is 0.990. The molecule has 21 heavy (non-hydrogen) atoms. The molecule has 0 heterocycles. The molecule has 1 aromatic carbocycles. The van der Waals surface area contributed by atoms with Crippen molar-refractivity contribution in [2.24, 2.45) is 0 Å². The van der Waals surface area contributed by atoms with Crippen molar-refractivity contribution in [2.75, 3.05) is 26.0 Å². The fourth-order valence-electron chi connectivity index (χ4n) is 2.95. The van der Waals surface area contributed by atoms with Crippen molar-refractivity contribution in [3.8, 4) is 0 Å². The van der Waals surface area contributed by atoms with Crippen LogP contribution in [0.4, 0.5) is 10.1 Å². The molecule has 1 saturated carbocycles. The van der Waals surface area contributed by atoms with E-state index in [9.17, 15) is 4.39 Å². The highest BCUT2D eigenvalue weighted by Gasteiger charge is 2.34. The molecule has 2 rings (SSSR count). The molecule has 3 nitrogen and oxygen atoms in total. The van der Waals surface area contributed by atoms with Gasteiger partial charge in [-0.3, -0.25) is 0 Å². The maximum absolute atomic E-state index is 12.9. The summed E-state index contributed by atoms with van der Waals surface area (Å²) in [6.07, 6.45) is 6.28. The first-order valence-corrected chi connectivity index (χ1v) is 7.90. The van der Waals surface area contributed by atoms with E-state index in [2.05, 4.69) is 29.6 Å². The van der Waals surface area contributed by atoms with Gasteiger partial charge in [0, 0.05) is 17.8 Å². The molecule has 0 unspecified atom stereocenters. The predicted octanol–water partition coefficient (Wildman–Crippen LogP) is 3.38. The summed E-state index contributed by atoms with van der Waals surface area (Å²) in [6, 6.07) is 6.22. The zero-order valence-corrected chi connectivity index (χ0v) is 13.6. The number of hydrogen-bond acceptors (Lipinski definition) is 2. The Balaban J connectivity index is 1.88. The first-order chi connectivity index (χ1) is 10.0. The number of benzene rings is 1. The average molecular weight is 309 g/mol. The van der Waals surface area contributed by atoms with Gasteiger partial charge in [0.1, 0.15) is 5.82 Å². The van der Waals surface area contributed by atoms with Crippen molar-refractivity contribution in [3.05, 3.63) is 30.1 Å². The lowest BCUT2D eigenvalue weighted by molar-refractivity contribution is 0.104. The first-order valence-electron chi connectivity index (χ1n) is 7.50. The van der Waals surface area contributed by atoms with Crippen molar-refractivity contribution < 1.29 is 4.39 Å². The molecule has 116 valence electrons. The molecule has 0 amide bonds. The third-order valence-corrected chi connectivity index (χ3v) is 4.66. The summed E-state index contributed by atoms with van der Waals surface area (Å²) in [4.78, 5) is 2.32. The van der Waals surface area contributed by atoms with E-state index in [1.165, 1.54) is 44.2 Å². The lowest BCUT2D eigenvalue weighted by Gasteiger charge is -2.43. The number of hydrogen-bond donors (Lipinski definition) is 2. The van der Waals surface area contributed by atoms with Crippen molar-refractivity contribution in [2.45, 2.75) is 37.6 Å². The van der Waals surface area contributed by atoms with Crippen molar-refractivity contribution in [1.82, 2.24) is 10.2 Å². The van der Waals surface area contributed by atoms with Crippen LogP contribution in [0.5, 0.6) is 0 Å². The third-order valence-electron chi connectivity index (χ3n) is 4.41. The predicted molar refractivity (Wildman–Crippen MR) is 90.1 cm³/mol. The molecule has 1 fully saturated rings. The van der Waals surface area contributed by atoms with Gasteiger partial charge in [0.2, 0.25) is 0 Å². The van der Waals surface area contributed by atoms with Crippen molar-refractivity contribution >= 4 is 23.0 Å². The van der Waals surface area contributed by atoms with Gasteiger partial charge in [0.25, 0.3) is 0 Å². The van der Waals surface area contributed by atoms with E-state index < -0.39 is 0 Å². The quantitative estimate of drug-likeness (QED) is 0.834. The normalized spacial score (nSPS) is 17.5. The van der Waals surface area contributed by atoms with Crippen LogP contribution in [0.3, 0.4) is 0 Å². The molecule has 0 spiro atoms. The Kier molecular flexibility index (Phi) is 5.53. The Morgan fingerprint density at radius 3 is 2.38 bits per heavy atom. The number of nitrogens with one attached hydrogen (secondary N) is 2. The summed E-state index contributed by atoms with van der Waals surface area (Å²) >= 11 is 5.34. The maximum Gasteiger partial charge on any atom is 0.170 e. The average Bonchev–Trinajstić information content (AvgIpc) is 2.48. The molecule has 0 aliphatic heterocycles. The van der Waals surface area contributed by atoms with Crippen LogP contribution >= 0.6 is 12.2 Å². The topological polar surface area (TPSA) is 27.3 Å². The highest BCUT2D eigenvalue weighted by molar-refractivity contribution is 7.80. The van der Waals surface area contributed by atoms with Gasteiger partial charge >= 0.3 is 0 Å². The Morgan fingerprint density at radius 2 is 1.81 bits per heavy atom. The van der Waals surface area contributed by atoms with Gasteiger partial charge in [-0.25, -0.2) is 4.39 Å². The largest absolute Gasteiger partial charge is 0.361 e. The molecule has 1 aliphatic rings. The fourth-order valence-corrected chi connectivity index (χ4v) is 3.14. The van der Waals surface area contributed by atoms with E-state index in [0.717, 1.165) is 12.2 Å². The molecule has 1 aromatic rings. The smallest absolute Gasteiger partial charge is 0.170 e. The number of rotatable bonds is 4. The molecule has 0 saturated heterocycles. The summed E-state index contributed by atoms with van der Waals surface area (Å²) in [7, 11) is 4.28. The van der Waals surface area contributed by atoms with Gasteiger partial charge in [-0.1, -0.05) is 19.3 Å². The standard InChI is InChI=1S/C16H24FN3S/c1-20(2)16(10-4-3-5-11-16)12-18-15(21)19-14-8-6-13(17)7-9-14/h6-9H,3-5,10-12H2,1-2H3,(H2,18,19,21). The minimum atomic E-state index is -0.242. The SMILES string of the molecule is CN(C)C1(CNC(=S)Nc2ccc(F)cc2)CCCCC1. The van der Waals surface area contributed by atoms with Crippen molar-refractivity contribution in [1.29, 1.82) is 0 Å². The van der Waals surface area contributed by atoms with Crippen LogP contribution in [-0.2, 0) is 0 Å². The Labute approximate surface area is 131 Å². The summed E-state index contributed by atoms with van der Waals surface area (Å²) < 4.78 is 12.9. The minimum absolute atomic E-state index is 0.187. The molecule has 0 aromatic heterocycles. The van der Waals surface area contributed by atoms with Gasteiger partial charge in [0.05, 0.1) is 0 Å². The lowest BCUT2D eigenvalue weighted by atomic mass is 9.80. The maximum atomic E-state index is 12.9. The molecular weight excluding hydrogens is 285 g/mol. The highest BCUT2D eigenvalue weighted by atomic mass is 32.1. The zero-order valence-electron chi connectivity index (χ0n) is 12.8. The highest BCUT2D eigenvalue weighted by Crippen LogP contribution is 2.31. The first kappa shape index (κ1) is 16.2. The molecular formula is C16H24FN3S. The van der Waals surface area contributed by atoms with E-state index in [1.807, 2.05) is 0 Å². The summed E-state index contributed by atoms with van der Waals surface area (Å²) in [6.45, 7) is 0.840. The number of anilines is 1. The second-order valence-corrected chi connectivity index (χ2v) is 6.40. The van der Waals surface area contributed by atoms with E-state index in [0.29, 0.717) is 5.11 Å². The molecule has 0 atom stereocenters. The van der Waals surface area contributed by atoms with Crippen LogP contribution in [0.25, 0.3) is 0 Å². The Morgan fingerprint density at radius 1 is 1.19 bits per heavy atom. The number of nitrogens with zero attached hydrogens (tertiary/aromatic N) is 1. The molecule has 5 heteroatoms. The summed E-state index contributed by atoms with van der Waals surface area (Å²) in [5, 5.41) is 7.01. The second kappa shape index (κ2) is 7.18. The minimum Gasteiger partial charge on any atom is -0.361 e. The van der Waals surface area contributed by atoms with Crippen LogP contribution in [0.2, 0.25) is 0 Å². The Bertz CT molecular complexity index is 467. The molecule has 0 radical (unpaired) electrons. The van der Waals surface area contributed by atoms with Gasteiger partial charge < -0.3 is 15.5 Å².